The molecule has 1 saturated heterocycles. The van der Waals surface area contributed by atoms with E-state index in [1.807, 2.05) is 44.3 Å². The van der Waals surface area contributed by atoms with Gasteiger partial charge >= 0.3 is 0 Å². The Kier molecular flexibility index (Phi) is 7.27. The fourth-order valence-corrected chi connectivity index (χ4v) is 5.61. The Morgan fingerprint density at radius 1 is 1.17 bits per heavy atom. The summed E-state index contributed by atoms with van der Waals surface area (Å²) in [6.07, 6.45) is 4.52. The minimum absolute atomic E-state index is 0.139. The molecule has 1 aromatic carbocycles. The molecule has 1 atom stereocenters. The van der Waals surface area contributed by atoms with Crippen LogP contribution < -0.4 is 4.74 Å². The highest BCUT2D eigenvalue weighted by Crippen LogP contribution is 2.28. The predicted octanol–water partition coefficient (Wildman–Crippen LogP) is 3.45. The van der Waals surface area contributed by atoms with Crippen LogP contribution in [-0.2, 0) is 16.6 Å². The summed E-state index contributed by atoms with van der Waals surface area (Å²) in [5.41, 5.74) is 3.28. The molecule has 1 fully saturated rings. The topological polar surface area (TPSA) is 62.7 Å². The molecule has 0 bridgehead atoms. The minimum Gasteiger partial charge on any atom is -0.497 e. The average Bonchev–Trinajstić information content (AvgIpc) is 2.75. The Balaban J connectivity index is 1.69. The zero-order chi connectivity index (χ0) is 20.9. The molecular weight excluding hydrogens is 386 g/mol. The van der Waals surface area contributed by atoms with Crippen LogP contribution in [0.4, 0.5) is 0 Å². The summed E-state index contributed by atoms with van der Waals surface area (Å²) in [6.45, 7) is 5.84. The maximum atomic E-state index is 12.9. The van der Waals surface area contributed by atoms with Gasteiger partial charge < -0.3 is 4.74 Å². The van der Waals surface area contributed by atoms with Crippen molar-refractivity contribution >= 4 is 10.2 Å². The molecule has 6 nitrogen and oxygen atoms in total. The molecule has 2 aromatic rings. The van der Waals surface area contributed by atoms with Gasteiger partial charge in [0.15, 0.2) is 0 Å². The van der Waals surface area contributed by atoms with E-state index in [0.29, 0.717) is 26.2 Å². The van der Waals surface area contributed by atoms with Crippen molar-refractivity contribution < 1.29 is 13.2 Å². The number of aromatic nitrogens is 1. The van der Waals surface area contributed by atoms with Crippen molar-refractivity contribution in [2.45, 2.75) is 39.0 Å². The van der Waals surface area contributed by atoms with E-state index in [1.165, 1.54) is 9.87 Å². The normalized spacial score (nSPS) is 18.1. The molecule has 0 N–H and O–H groups in total. The molecule has 0 saturated carbocycles. The van der Waals surface area contributed by atoms with E-state index < -0.39 is 10.2 Å². The van der Waals surface area contributed by atoms with Crippen molar-refractivity contribution in [2.24, 2.45) is 0 Å². The second-order valence-corrected chi connectivity index (χ2v) is 9.34. The number of hydrogen-bond donors (Lipinski definition) is 0. The molecule has 0 radical (unpaired) electrons. The summed E-state index contributed by atoms with van der Waals surface area (Å²) in [4.78, 5) is 4.68. The van der Waals surface area contributed by atoms with E-state index in [0.717, 1.165) is 36.3 Å². The molecule has 0 unspecified atom stereocenters. The van der Waals surface area contributed by atoms with Crippen molar-refractivity contribution in [3.63, 3.8) is 0 Å². The van der Waals surface area contributed by atoms with Crippen LogP contribution in [0.5, 0.6) is 5.75 Å². The van der Waals surface area contributed by atoms with Crippen molar-refractivity contribution in [3.05, 3.63) is 59.4 Å². The molecule has 1 aliphatic rings. The fourth-order valence-electron chi connectivity index (χ4n) is 3.91. The van der Waals surface area contributed by atoms with E-state index in [-0.39, 0.29) is 5.92 Å². The Bertz CT molecular complexity index is 896. The standard InChI is InChI=1S/C22H31N3O3S/c1-4-24(5-2)29(26,27)25-13-7-9-20(17-25)22-12-11-19(16-23-22)14-18-8-6-10-21(15-18)28-3/h6,8,10-12,15-16,20H,4-5,7,9,13-14,17H2,1-3H3/t20-/m1/s1. The molecule has 3 rings (SSSR count). The van der Waals surface area contributed by atoms with Gasteiger partial charge in [-0.2, -0.15) is 17.0 Å². The van der Waals surface area contributed by atoms with Crippen LogP contribution in [0.2, 0.25) is 0 Å². The maximum Gasteiger partial charge on any atom is 0.281 e. The SMILES string of the molecule is CCN(CC)S(=O)(=O)N1CCC[C@@H](c2ccc(Cc3cccc(OC)c3)cn2)C1. The van der Waals surface area contributed by atoms with Gasteiger partial charge in [-0.05, 0) is 48.6 Å². The van der Waals surface area contributed by atoms with Crippen molar-refractivity contribution in [1.29, 1.82) is 0 Å². The molecule has 2 heterocycles. The van der Waals surface area contributed by atoms with Gasteiger partial charge in [-0.15, -0.1) is 0 Å². The second-order valence-electron chi connectivity index (χ2n) is 7.41. The van der Waals surface area contributed by atoms with Crippen LogP contribution in [-0.4, -0.2) is 55.3 Å². The van der Waals surface area contributed by atoms with Gasteiger partial charge in [0, 0.05) is 44.0 Å². The van der Waals surface area contributed by atoms with Crippen molar-refractivity contribution in [1.82, 2.24) is 13.6 Å². The average molecular weight is 418 g/mol. The molecular formula is C22H31N3O3S. The Hall–Kier alpha value is -1.96. The zero-order valence-electron chi connectivity index (χ0n) is 17.5. The molecule has 7 heteroatoms. The number of methoxy groups -OCH3 is 1. The van der Waals surface area contributed by atoms with E-state index in [9.17, 15) is 8.42 Å². The Morgan fingerprint density at radius 3 is 2.62 bits per heavy atom. The highest BCUT2D eigenvalue weighted by Gasteiger charge is 2.33. The van der Waals surface area contributed by atoms with Gasteiger partial charge in [0.25, 0.3) is 10.2 Å². The first-order valence-electron chi connectivity index (χ1n) is 10.3. The summed E-state index contributed by atoms with van der Waals surface area (Å²) in [5.74, 6) is 0.990. The highest BCUT2D eigenvalue weighted by molar-refractivity contribution is 7.86. The quantitative estimate of drug-likeness (QED) is 0.660. The van der Waals surface area contributed by atoms with Crippen LogP contribution in [0.25, 0.3) is 0 Å². The smallest absolute Gasteiger partial charge is 0.281 e. The van der Waals surface area contributed by atoms with Gasteiger partial charge in [-0.25, -0.2) is 0 Å². The zero-order valence-corrected chi connectivity index (χ0v) is 18.4. The second kappa shape index (κ2) is 9.69. The Labute approximate surface area is 174 Å². The first kappa shape index (κ1) is 21.7. The monoisotopic (exact) mass is 417 g/mol. The van der Waals surface area contributed by atoms with Gasteiger partial charge in [-0.3, -0.25) is 4.98 Å². The van der Waals surface area contributed by atoms with Crippen molar-refractivity contribution in [3.8, 4) is 5.75 Å². The highest BCUT2D eigenvalue weighted by atomic mass is 32.2. The van der Waals surface area contributed by atoms with Gasteiger partial charge in [0.1, 0.15) is 5.75 Å². The summed E-state index contributed by atoms with van der Waals surface area (Å²) >= 11 is 0. The third kappa shape index (κ3) is 5.15. The number of pyridine rings is 1. The number of ether oxygens (including phenoxy) is 1. The predicted molar refractivity (Wildman–Crippen MR) is 115 cm³/mol. The largest absolute Gasteiger partial charge is 0.497 e. The number of piperidine rings is 1. The molecule has 1 aliphatic heterocycles. The number of benzene rings is 1. The van der Waals surface area contributed by atoms with Crippen molar-refractivity contribution in [2.75, 3.05) is 33.3 Å². The minimum atomic E-state index is -3.39. The lowest BCUT2D eigenvalue weighted by atomic mass is 9.95. The third-order valence-electron chi connectivity index (χ3n) is 5.55. The number of hydrogen-bond acceptors (Lipinski definition) is 4. The Morgan fingerprint density at radius 2 is 1.97 bits per heavy atom. The van der Waals surface area contributed by atoms with Crippen LogP contribution in [0.1, 0.15) is 49.4 Å². The molecule has 0 spiro atoms. The van der Waals surface area contributed by atoms with E-state index >= 15 is 0 Å². The summed E-state index contributed by atoms with van der Waals surface area (Å²) < 4.78 is 34.2. The summed E-state index contributed by atoms with van der Waals surface area (Å²) in [7, 11) is -1.72. The molecule has 0 aliphatic carbocycles. The van der Waals surface area contributed by atoms with Gasteiger partial charge in [0.05, 0.1) is 7.11 Å². The molecule has 0 amide bonds. The van der Waals surface area contributed by atoms with Crippen LogP contribution in [0, 0.1) is 0 Å². The number of nitrogens with zero attached hydrogens (tertiary/aromatic N) is 3. The molecule has 158 valence electrons. The van der Waals surface area contributed by atoms with Crippen LogP contribution >= 0.6 is 0 Å². The van der Waals surface area contributed by atoms with Gasteiger partial charge in [-0.1, -0.05) is 32.0 Å². The van der Waals surface area contributed by atoms with E-state index in [4.69, 9.17) is 4.74 Å². The fraction of sp³-hybridized carbons (Fsp3) is 0.500. The van der Waals surface area contributed by atoms with Gasteiger partial charge in [0.2, 0.25) is 0 Å². The third-order valence-corrected chi connectivity index (χ3v) is 7.70. The first-order valence-corrected chi connectivity index (χ1v) is 11.7. The first-order chi connectivity index (χ1) is 14.0. The van der Waals surface area contributed by atoms with Crippen LogP contribution in [0.3, 0.4) is 0 Å². The maximum absolute atomic E-state index is 12.9. The lowest BCUT2D eigenvalue weighted by Crippen LogP contribution is -2.47. The van der Waals surface area contributed by atoms with E-state index in [2.05, 4.69) is 17.1 Å². The van der Waals surface area contributed by atoms with E-state index in [1.54, 1.807) is 11.4 Å². The molecule has 29 heavy (non-hydrogen) atoms. The lowest BCUT2D eigenvalue weighted by molar-refractivity contribution is 0.285. The number of rotatable bonds is 8. The van der Waals surface area contributed by atoms with Crippen LogP contribution in [0.15, 0.2) is 42.6 Å². The molecule has 1 aromatic heterocycles. The summed E-state index contributed by atoms with van der Waals surface area (Å²) in [6, 6.07) is 12.2. The summed E-state index contributed by atoms with van der Waals surface area (Å²) in [5, 5.41) is 0. The lowest BCUT2D eigenvalue weighted by Gasteiger charge is -2.34.